The standard InChI is InChI=1S/C28H29N3O5S/c1-16-11-19(14-25(35-3)27(16)36-4)26-21(15-37-31-26)18-7-10-24(34-2)23(13-18)30-28(33)22(29)12-17-5-8-20(32)9-6-17/h5-11,13-15,22,32H,12,29H2,1-4H3,(H,30,33)/t22-/m0/s1. The first-order chi connectivity index (χ1) is 17.8. The Balaban J connectivity index is 1.63. The number of carbonyl (C=O) groups is 1. The number of ether oxygens (including phenoxy) is 3. The number of anilines is 1. The lowest BCUT2D eigenvalue weighted by molar-refractivity contribution is -0.117. The molecular formula is C28H29N3O5S. The van der Waals surface area contributed by atoms with Crippen molar-refractivity contribution in [3.05, 3.63) is 71.1 Å². The van der Waals surface area contributed by atoms with Crippen LogP contribution in [-0.4, -0.2) is 42.8 Å². The number of aromatic hydroxyl groups is 1. The van der Waals surface area contributed by atoms with E-state index >= 15 is 0 Å². The maximum atomic E-state index is 12.9. The summed E-state index contributed by atoms with van der Waals surface area (Å²) >= 11 is 1.34. The van der Waals surface area contributed by atoms with E-state index < -0.39 is 6.04 Å². The van der Waals surface area contributed by atoms with Crippen molar-refractivity contribution in [1.82, 2.24) is 4.37 Å². The minimum Gasteiger partial charge on any atom is -0.508 e. The molecule has 0 saturated heterocycles. The highest BCUT2D eigenvalue weighted by molar-refractivity contribution is 7.04. The van der Waals surface area contributed by atoms with Gasteiger partial charge in [-0.15, -0.1) is 0 Å². The van der Waals surface area contributed by atoms with E-state index in [1.54, 1.807) is 51.7 Å². The summed E-state index contributed by atoms with van der Waals surface area (Å²) in [5, 5.41) is 14.3. The number of amides is 1. The summed E-state index contributed by atoms with van der Waals surface area (Å²) < 4.78 is 21.1. The molecule has 0 unspecified atom stereocenters. The summed E-state index contributed by atoms with van der Waals surface area (Å²) in [6, 6.07) is 15.3. The van der Waals surface area contributed by atoms with Crippen molar-refractivity contribution in [3.8, 4) is 45.4 Å². The molecule has 1 heterocycles. The Morgan fingerprint density at radius 2 is 1.73 bits per heavy atom. The van der Waals surface area contributed by atoms with Gasteiger partial charge >= 0.3 is 0 Å². The minimum absolute atomic E-state index is 0.161. The van der Waals surface area contributed by atoms with Crippen molar-refractivity contribution in [2.75, 3.05) is 26.6 Å². The Kier molecular flexibility index (Phi) is 7.95. The molecule has 4 N–H and O–H groups in total. The molecule has 1 amide bonds. The number of nitrogens with zero attached hydrogens (tertiary/aromatic N) is 1. The van der Waals surface area contributed by atoms with Crippen molar-refractivity contribution in [2.24, 2.45) is 5.73 Å². The van der Waals surface area contributed by atoms with Crippen LogP contribution in [0.5, 0.6) is 23.0 Å². The fourth-order valence-electron chi connectivity index (χ4n) is 4.12. The molecule has 3 aromatic carbocycles. The lowest BCUT2D eigenvalue weighted by Crippen LogP contribution is -2.37. The predicted molar refractivity (Wildman–Crippen MR) is 146 cm³/mol. The molecule has 8 nitrogen and oxygen atoms in total. The third-order valence-corrected chi connectivity index (χ3v) is 6.63. The number of aryl methyl sites for hydroxylation is 1. The number of methoxy groups -OCH3 is 3. The molecule has 4 aromatic rings. The van der Waals surface area contributed by atoms with Crippen LogP contribution < -0.4 is 25.3 Å². The van der Waals surface area contributed by atoms with Crippen molar-refractivity contribution in [3.63, 3.8) is 0 Å². The van der Waals surface area contributed by atoms with Crippen molar-refractivity contribution < 1.29 is 24.1 Å². The summed E-state index contributed by atoms with van der Waals surface area (Å²) in [7, 11) is 4.77. The second-order valence-electron chi connectivity index (χ2n) is 8.49. The molecule has 0 aliphatic heterocycles. The molecule has 37 heavy (non-hydrogen) atoms. The number of aromatic nitrogens is 1. The molecule has 0 radical (unpaired) electrons. The van der Waals surface area contributed by atoms with Gasteiger partial charge in [0.15, 0.2) is 11.5 Å². The highest BCUT2D eigenvalue weighted by atomic mass is 32.1. The summed E-state index contributed by atoms with van der Waals surface area (Å²) in [5.74, 6) is 1.64. The number of hydrogen-bond acceptors (Lipinski definition) is 8. The number of carbonyl (C=O) groups excluding carboxylic acids is 1. The average Bonchev–Trinajstić information content (AvgIpc) is 3.39. The van der Waals surface area contributed by atoms with Gasteiger partial charge in [-0.2, -0.15) is 4.37 Å². The van der Waals surface area contributed by atoms with E-state index in [2.05, 4.69) is 9.69 Å². The van der Waals surface area contributed by atoms with Gasteiger partial charge in [-0.3, -0.25) is 4.79 Å². The maximum Gasteiger partial charge on any atom is 0.241 e. The molecule has 4 rings (SSSR count). The van der Waals surface area contributed by atoms with Gasteiger partial charge in [-0.1, -0.05) is 18.2 Å². The van der Waals surface area contributed by atoms with E-state index in [1.165, 1.54) is 11.5 Å². The number of phenols is 1. The average molecular weight is 520 g/mol. The van der Waals surface area contributed by atoms with Gasteiger partial charge in [-0.25, -0.2) is 0 Å². The van der Waals surface area contributed by atoms with Crippen molar-refractivity contribution in [1.29, 1.82) is 0 Å². The zero-order valence-corrected chi connectivity index (χ0v) is 21.9. The lowest BCUT2D eigenvalue weighted by Gasteiger charge is -2.16. The number of nitrogens with two attached hydrogens (primary N) is 1. The lowest BCUT2D eigenvalue weighted by atomic mass is 9.99. The van der Waals surface area contributed by atoms with E-state index in [-0.39, 0.29) is 11.7 Å². The molecule has 192 valence electrons. The van der Waals surface area contributed by atoms with Crippen molar-refractivity contribution in [2.45, 2.75) is 19.4 Å². The van der Waals surface area contributed by atoms with Gasteiger partial charge in [-0.05, 0) is 78.0 Å². The quantitative estimate of drug-likeness (QED) is 0.284. The SMILES string of the molecule is COc1ccc(-c2csnc2-c2cc(C)c(OC)c(OC)c2)cc1NC(=O)[C@@H](N)Cc1ccc(O)cc1. The van der Waals surface area contributed by atoms with Crippen LogP contribution in [0.3, 0.4) is 0 Å². The summed E-state index contributed by atoms with van der Waals surface area (Å²) in [5.41, 5.74) is 11.9. The molecule has 0 saturated carbocycles. The molecule has 0 aliphatic carbocycles. The largest absolute Gasteiger partial charge is 0.508 e. The van der Waals surface area contributed by atoms with E-state index in [0.717, 1.165) is 33.5 Å². The van der Waals surface area contributed by atoms with E-state index in [9.17, 15) is 9.90 Å². The zero-order chi connectivity index (χ0) is 26.5. The third kappa shape index (κ3) is 5.68. The molecule has 0 bridgehead atoms. The number of nitrogens with one attached hydrogen (secondary N) is 1. The Labute approximate surface area is 219 Å². The van der Waals surface area contributed by atoms with Gasteiger partial charge < -0.3 is 30.4 Å². The first kappa shape index (κ1) is 26.0. The molecule has 0 spiro atoms. The smallest absolute Gasteiger partial charge is 0.241 e. The number of rotatable bonds is 9. The fourth-order valence-corrected chi connectivity index (χ4v) is 4.83. The van der Waals surface area contributed by atoms with Gasteiger partial charge in [0, 0.05) is 16.5 Å². The Hall–Kier alpha value is -4.08. The Morgan fingerprint density at radius 1 is 1.00 bits per heavy atom. The van der Waals surface area contributed by atoms with E-state index in [0.29, 0.717) is 29.4 Å². The van der Waals surface area contributed by atoms with Gasteiger partial charge in [0.1, 0.15) is 11.5 Å². The van der Waals surface area contributed by atoms with Crippen LogP contribution in [0.15, 0.2) is 60.0 Å². The van der Waals surface area contributed by atoms with Crippen LogP contribution in [0.4, 0.5) is 5.69 Å². The van der Waals surface area contributed by atoms with Crippen LogP contribution >= 0.6 is 11.5 Å². The molecule has 0 aliphatic rings. The van der Waals surface area contributed by atoms with E-state index in [4.69, 9.17) is 19.9 Å². The van der Waals surface area contributed by atoms with Crippen LogP contribution in [0.2, 0.25) is 0 Å². The predicted octanol–water partition coefficient (Wildman–Crippen LogP) is 5.03. The van der Waals surface area contributed by atoms with Gasteiger partial charge in [0.2, 0.25) is 5.91 Å². The van der Waals surface area contributed by atoms with Crippen LogP contribution in [0, 0.1) is 6.92 Å². The Bertz CT molecular complexity index is 1400. The van der Waals surface area contributed by atoms with Gasteiger partial charge in [0.25, 0.3) is 0 Å². The second kappa shape index (κ2) is 11.3. The number of phenolic OH excluding ortho intramolecular Hbond substituents is 1. The minimum atomic E-state index is -0.786. The Morgan fingerprint density at radius 3 is 2.41 bits per heavy atom. The van der Waals surface area contributed by atoms with Gasteiger partial charge in [0.05, 0.1) is 38.8 Å². The fraction of sp³-hybridized carbons (Fsp3) is 0.214. The molecule has 0 fully saturated rings. The molecular weight excluding hydrogens is 490 g/mol. The topological polar surface area (TPSA) is 116 Å². The highest BCUT2D eigenvalue weighted by Crippen LogP contribution is 2.41. The number of hydrogen-bond donors (Lipinski definition) is 3. The first-order valence-electron chi connectivity index (χ1n) is 11.5. The zero-order valence-electron chi connectivity index (χ0n) is 21.1. The highest BCUT2D eigenvalue weighted by Gasteiger charge is 2.19. The summed E-state index contributed by atoms with van der Waals surface area (Å²) in [6.45, 7) is 1.96. The van der Waals surface area contributed by atoms with Crippen molar-refractivity contribution >= 4 is 23.1 Å². The summed E-state index contributed by atoms with van der Waals surface area (Å²) in [6.07, 6.45) is 0.325. The molecule has 1 atom stereocenters. The first-order valence-corrected chi connectivity index (χ1v) is 12.4. The number of benzene rings is 3. The van der Waals surface area contributed by atoms with E-state index in [1.807, 2.05) is 36.6 Å². The van der Waals surface area contributed by atoms with Crippen LogP contribution in [-0.2, 0) is 11.2 Å². The monoisotopic (exact) mass is 519 g/mol. The van der Waals surface area contributed by atoms with Crippen LogP contribution in [0.1, 0.15) is 11.1 Å². The van der Waals surface area contributed by atoms with Crippen LogP contribution in [0.25, 0.3) is 22.4 Å². The maximum absolute atomic E-state index is 12.9. The summed E-state index contributed by atoms with van der Waals surface area (Å²) in [4.78, 5) is 12.9. The molecule has 9 heteroatoms. The third-order valence-electron chi connectivity index (χ3n) is 6.00. The second-order valence-corrected chi connectivity index (χ2v) is 9.12. The molecule has 1 aromatic heterocycles. The normalized spacial score (nSPS) is 11.6.